The van der Waals surface area contributed by atoms with Crippen LogP contribution in [-0.4, -0.2) is 15.3 Å². The van der Waals surface area contributed by atoms with Crippen LogP contribution in [0.25, 0.3) is 0 Å². The van der Waals surface area contributed by atoms with Gasteiger partial charge in [-0.15, -0.1) is 0 Å². The van der Waals surface area contributed by atoms with E-state index in [1.165, 1.54) is 0 Å². The quantitative estimate of drug-likeness (QED) is 0.791. The van der Waals surface area contributed by atoms with E-state index in [1.54, 1.807) is 12.3 Å². The highest BCUT2D eigenvalue weighted by atomic mass is 35.5. The predicted molar refractivity (Wildman–Crippen MR) is 72.1 cm³/mol. The summed E-state index contributed by atoms with van der Waals surface area (Å²) in [5.41, 5.74) is 1.41. The SMILES string of the molecule is CCCn1ccnc1C(=O)c1cccc(C)c1Cl. The molecule has 0 aliphatic heterocycles. The van der Waals surface area contributed by atoms with Crippen LogP contribution in [0, 0.1) is 6.92 Å². The highest BCUT2D eigenvalue weighted by molar-refractivity contribution is 6.35. The lowest BCUT2D eigenvalue weighted by molar-refractivity contribution is 0.102. The zero-order chi connectivity index (χ0) is 13.1. The Balaban J connectivity index is 2.42. The first-order valence-electron chi connectivity index (χ1n) is 5.96. The molecule has 0 N–H and O–H groups in total. The smallest absolute Gasteiger partial charge is 0.229 e. The summed E-state index contributed by atoms with van der Waals surface area (Å²) in [4.78, 5) is 16.5. The fourth-order valence-corrected chi connectivity index (χ4v) is 2.09. The first-order chi connectivity index (χ1) is 8.65. The van der Waals surface area contributed by atoms with Gasteiger partial charge in [0.1, 0.15) is 0 Å². The third kappa shape index (κ3) is 2.31. The molecule has 2 aromatic rings. The van der Waals surface area contributed by atoms with E-state index in [4.69, 9.17) is 11.6 Å². The molecule has 1 aromatic carbocycles. The van der Waals surface area contributed by atoms with Crippen molar-refractivity contribution in [2.75, 3.05) is 0 Å². The summed E-state index contributed by atoms with van der Waals surface area (Å²) in [7, 11) is 0. The minimum atomic E-state index is -0.123. The second kappa shape index (κ2) is 5.36. The van der Waals surface area contributed by atoms with Gasteiger partial charge in [0.2, 0.25) is 5.78 Å². The summed E-state index contributed by atoms with van der Waals surface area (Å²) in [6, 6.07) is 5.46. The van der Waals surface area contributed by atoms with Gasteiger partial charge in [0.15, 0.2) is 5.82 Å². The number of nitrogens with zero attached hydrogens (tertiary/aromatic N) is 2. The van der Waals surface area contributed by atoms with Gasteiger partial charge in [-0.05, 0) is 25.0 Å². The Morgan fingerprint density at radius 3 is 2.94 bits per heavy atom. The average molecular weight is 263 g/mol. The maximum absolute atomic E-state index is 12.4. The molecule has 0 unspecified atom stereocenters. The molecule has 1 aromatic heterocycles. The fraction of sp³-hybridized carbons (Fsp3) is 0.286. The van der Waals surface area contributed by atoms with Gasteiger partial charge in [-0.3, -0.25) is 4.79 Å². The molecule has 1 heterocycles. The van der Waals surface area contributed by atoms with Gasteiger partial charge < -0.3 is 4.57 Å². The minimum Gasteiger partial charge on any atom is -0.328 e. The highest BCUT2D eigenvalue weighted by Crippen LogP contribution is 2.22. The van der Waals surface area contributed by atoms with Crippen molar-refractivity contribution in [1.82, 2.24) is 9.55 Å². The van der Waals surface area contributed by atoms with Crippen LogP contribution in [0.5, 0.6) is 0 Å². The van der Waals surface area contributed by atoms with E-state index in [0.29, 0.717) is 16.4 Å². The second-order valence-corrected chi connectivity index (χ2v) is 4.59. The van der Waals surface area contributed by atoms with Crippen LogP contribution in [0.3, 0.4) is 0 Å². The van der Waals surface area contributed by atoms with E-state index in [2.05, 4.69) is 11.9 Å². The molecule has 0 saturated heterocycles. The van der Waals surface area contributed by atoms with E-state index >= 15 is 0 Å². The predicted octanol–water partition coefficient (Wildman–Crippen LogP) is 3.49. The third-order valence-electron chi connectivity index (χ3n) is 2.82. The molecule has 2 rings (SSSR count). The zero-order valence-corrected chi connectivity index (χ0v) is 11.2. The molecule has 4 heteroatoms. The largest absolute Gasteiger partial charge is 0.328 e. The summed E-state index contributed by atoms with van der Waals surface area (Å²) in [6.45, 7) is 4.73. The van der Waals surface area contributed by atoms with Crippen LogP contribution >= 0.6 is 11.6 Å². The van der Waals surface area contributed by atoms with Crippen LogP contribution < -0.4 is 0 Å². The molecule has 0 aliphatic carbocycles. The lowest BCUT2D eigenvalue weighted by Crippen LogP contribution is -2.12. The van der Waals surface area contributed by atoms with Gasteiger partial charge in [0.25, 0.3) is 0 Å². The van der Waals surface area contributed by atoms with Gasteiger partial charge in [-0.2, -0.15) is 0 Å². The van der Waals surface area contributed by atoms with E-state index in [1.807, 2.05) is 29.8 Å². The van der Waals surface area contributed by atoms with Gasteiger partial charge in [0.05, 0.1) is 5.02 Å². The number of carbonyl (C=O) groups is 1. The number of rotatable bonds is 4. The molecule has 0 spiro atoms. The number of hydrogen-bond donors (Lipinski definition) is 0. The lowest BCUT2D eigenvalue weighted by Gasteiger charge is -2.08. The number of imidazole rings is 1. The number of hydrogen-bond acceptors (Lipinski definition) is 2. The first-order valence-corrected chi connectivity index (χ1v) is 6.34. The Labute approximate surface area is 111 Å². The molecular weight excluding hydrogens is 248 g/mol. The van der Waals surface area contributed by atoms with Crippen molar-refractivity contribution in [2.45, 2.75) is 26.8 Å². The van der Waals surface area contributed by atoms with Crippen molar-refractivity contribution in [3.05, 3.63) is 52.6 Å². The standard InChI is InChI=1S/C14H15ClN2O/c1-3-8-17-9-7-16-14(17)13(18)11-6-4-5-10(2)12(11)15/h4-7,9H,3,8H2,1-2H3. The maximum Gasteiger partial charge on any atom is 0.229 e. The first kappa shape index (κ1) is 12.8. The Kier molecular flexibility index (Phi) is 3.82. The van der Waals surface area contributed by atoms with Crippen molar-refractivity contribution in [3.8, 4) is 0 Å². The molecule has 18 heavy (non-hydrogen) atoms. The highest BCUT2D eigenvalue weighted by Gasteiger charge is 2.18. The minimum absolute atomic E-state index is 0.123. The van der Waals surface area contributed by atoms with Crippen LogP contribution in [0.1, 0.15) is 35.1 Å². The topological polar surface area (TPSA) is 34.9 Å². The number of ketones is 1. The van der Waals surface area contributed by atoms with Crippen molar-refractivity contribution >= 4 is 17.4 Å². The number of aromatic nitrogens is 2. The van der Waals surface area contributed by atoms with E-state index in [9.17, 15) is 4.79 Å². The molecule has 0 fully saturated rings. The molecule has 0 bridgehead atoms. The Morgan fingerprint density at radius 2 is 2.22 bits per heavy atom. The van der Waals surface area contributed by atoms with Crippen LogP contribution in [-0.2, 0) is 6.54 Å². The molecule has 0 radical (unpaired) electrons. The van der Waals surface area contributed by atoms with Crippen molar-refractivity contribution in [3.63, 3.8) is 0 Å². The molecule has 0 aliphatic rings. The molecule has 0 saturated carbocycles. The molecule has 0 amide bonds. The zero-order valence-electron chi connectivity index (χ0n) is 10.5. The van der Waals surface area contributed by atoms with E-state index in [-0.39, 0.29) is 5.78 Å². The van der Waals surface area contributed by atoms with Gasteiger partial charge in [-0.1, -0.05) is 30.7 Å². The van der Waals surface area contributed by atoms with Crippen LogP contribution in [0.2, 0.25) is 5.02 Å². The summed E-state index contributed by atoms with van der Waals surface area (Å²) in [5.74, 6) is 0.325. The van der Waals surface area contributed by atoms with Crippen LogP contribution in [0.15, 0.2) is 30.6 Å². The van der Waals surface area contributed by atoms with Crippen LogP contribution in [0.4, 0.5) is 0 Å². The van der Waals surface area contributed by atoms with Crippen molar-refractivity contribution in [2.24, 2.45) is 0 Å². The monoisotopic (exact) mass is 262 g/mol. The fourth-order valence-electron chi connectivity index (χ4n) is 1.88. The summed E-state index contributed by atoms with van der Waals surface area (Å²) < 4.78 is 1.86. The van der Waals surface area contributed by atoms with Crippen molar-refractivity contribution in [1.29, 1.82) is 0 Å². The summed E-state index contributed by atoms with van der Waals surface area (Å²) >= 11 is 6.18. The number of benzene rings is 1. The maximum atomic E-state index is 12.4. The second-order valence-electron chi connectivity index (χ2n) is 4.21. The third-order valence-corrected chi connectivity index (χ3v) is 3.32. The normalized spacial score (nSPS) is 10.6. The Bertz CT molecular complexity index is 575. The summed E-state index contributed by atoms with van der Waals surface area (Å²) in [6.07, 6.45) is 4.42. The number of carbonyl (C=O) groups excluding carboxylic acids is 1. The van der Waals surface area contributed by atoms with Gasteiger partial charge in [0, 0.05) is 24.5 Å². The van der Waals surface area contributed by atoms with Gasteiger partial charge >= 0.3 is 0 Å². The van der Waals surface area contributed by atoms with Gasteiger partial charge in [-0.25, -0.2) is 4.98 Å². The molecule has 94 valence electrons. The summed E-state index contributed by atoms with van der Waals surface area (Å²) in [5, 5.41) is 0.508. The van der Waals surface area contributed by atoms with E-state index < -0.39 is 0 Å². The number of halogens is 1. The van der Waals surface area contributed by atoms with E-state index in [0.717, 1.165) is 18.5 Å². The molecular formula is C14H15ClN2O. The lowest BCUT2D eigenvalue weighted by atomic mass is 10.1. The van der Waals surface area contributed by atoms with Crippen molar-refractivity contribution < 1.29 is 4.79 Å². The Morgan fingerprint density at radius 1 is 1.44 bits per heavy atom. The number of aryl methyl sites for hydroxylation is 2. The average Bonchev–Trinajstić information content (AvgIpc) is 2.80. The molecule has 0 atom stereocenters. The molecule has 3 nitrogen and oxygen atoms in total. The Hall–Kier alpha value is -1.61.